The van der Waals surface area contributed by atoms with Crippen LogP contribution in [-0.4, -0.2) is 13.5 Å². The molecule has 0 aliphatic carbocycles. The van der Waals surface area contributed by atoms with Crippen LogP contribution in [0.5, 0.6) is 5.75 Å². The third-order valence-corrected chi connectivity index (χ3v) is 4.46. The van der Waals surface area contributed by atoms with Crippen molar-refractivity contribution in [3.05, 3.63) is 23.3 Å². The Labute approximate surface area is 96.7 Å². The molecule has 0 amide bonds. The Balaban J connectivity index is 3.56. The predicted octanol–water partition coefficient (Wildman–Crippen LogP) is 2.06. The van der Waals surface area contributed by atoms with Gasteiger partial charge >= 0.3 is 10.1 Å². The van der Waals surface area contributed by atoms with Crippen molar-refractivity contribution >= 4 is 33.1 Å². The molecule has 1 aromatic carbocycles. The molecule has 0 heterocycles. The van der Waals surface area contributed by atoms with E-state index in [0.29, 0.717) is 11.1 Å². The first-order chi connectivity index (χ1) is 6.40. The smallest absolute Gasteiger partial charge is 0.310 e. The van der Waals surface area contributed by atoms with Gasteiger partial charge in [-0.3, -0.25) is 0 Å². The summed E-state index contributed by atoms with van der Waals surface area (Å²) >= 11 is 1.28. The Morgan fingerprint density at radius 3 is 2.29 bits per heavy atom. The van der Waals surface area contributed by atoms with Crippen LogP contribution < -0.4 is 0 Å². The molecule has 0 radical (unpaired) electrons. The largest absolute Gasteiger partial charge is 0.506 e. The van der Waals surface area contributed by atoms with Crippen LogP contribution in [0.3, 0.4) is 0 Å². The molecule has 1 rings (SSSR count). The van der Waals surface area contributed by atoms with E-state index in [1.807, 2.05) is 0 Å². The molecule has 0 spiro atoms. The summed E-state index contributed by atoms with van der Waals surface area (Å²) in [7, 11) is -3.85. The van der Waals surface area contributed by atoms with E-state index in [4.69, 9.17) is 0 Å². The number of phenols is 1. The Hall–Kier alpha value is -0.340. The molecule has 0 aliphatic rings. The van der Waals surface area contributed by atoms with Crippen molar-refractivity contribution in [1.29, 1.82) is 0 Å². The summed E-state index contributed by atoms with van der Waals surface area (Å²) in [6.07, 6.45) is 0. The third kappa shape index (κ3) is 2.01. The van der Waals surface area contributed by atoms with Crippen molar-refractivity contribution in [1.82, 2.24) is 0 Å². The zero-order chi connectivity index (χ0) is 10.9. The summed E-state index contributed by atoms with van der Waals surface area (Å²) in [4.78, 5) is -0.160. The average Bonchev–Trinajstić information content (AvgIpc) is 2.12. The second-order valence-corrected chi connectivity index (χ2v) is 5.42. The minimum atomic E-state index is -3.85. The molecule has 0 aliphatic heterocycles. The molecule has 4 nitrogen and oxygen atoms in total. The minimum absolute atomic E-state index is 0.160. The highest BCUT2D eigenvalue weighted by Gasteiger charge is 2.22. The van der Waals surface area contributed by atoms with E-state index in [-0.39, 0.29) is 10.6 Å². The van der Waals surface area contributed by atoms with Gasteiger partial charge in [-0.05, 0) is 25.0 Å². The topological polar surface area (TPSA) is 63.6 Å². The molecular formula is C8H9IO4S. The van der Waals surface area contributed by atoms with Crippen LogP contribution in [0.1, 0.15) is 11.1 Å². The van der Waals surface area contributed by atoms with Gasteiger partial charge in [-0.25, -0.2) is 0 Å². The van der Waals surface area contributed by atoms with Gasteiger partial charge in [0.1, 0.15) is 33.7 Å². The van der Waals surface area contributed by atoms with Crippen molar-refractivity contribution in [2.24, 2.45) is 0 Å². The highest BCUT2D eigenvalue weighted by atomic mass is 127. The Kier molecular flexibility index (Phi) is 3.38. The summed E-state index contributed by atoms with van der Waals surface area (Å²) in [5.41, 5.74) is 0.965. The Morgan fingerprint density at radius 1 is 1.29 bits per heavy atom. The molecule has 0 saturated heterocycles. The lowest BCUT2D eigenvalue weighted by Crippen LogP contribution is -2.03. The maximum Gasteiger partial charge on any atom is 0.310 e. The lowest BCUT2D eigenvalue weighted by atomic mass is 10.1. The molecule has 0 aromatic heterocycles. The van der Waals surface area contributed by atoms with Crippen LogP contribution >= 0.6 is 23.0 Å². The summed E-state index contributed by atoms with van der Waals surface area (Å²) in [6.45, 7) is 3.22. The van der Waals surface area contributed by atoms with Gasteiger partial charge in [0.2, 0.25) is 0 Å². The van der Waals surface area contributed by atoms with Crippen molar-refractivity contribution in [2.75, 3.05) is 0 Å². The first-order valence-corrected chi connectivity index (χ1v) is 6.03. The average molecular weight is 328 g/mol. The minimum Gasteiger partial charge on any atom is -0.506 e. The van der Waals surface area contributed by atoms with E-state index < -0.39 is 10.1 Å². The van der Waals surface area contributed by atoms with E-state index in [2.05, 4.69) is 2.51 Å². The molecule has 1 N–H and O–H groups in total. The van der Waals surface area contributed by atoms with Crippen molar-refractivity contribution in [3.63, 3.8) is 0 Å². The number of aryl methyl sites for hydroxylation is 2. The molecule has 1 aromatic rings. The van der Waals surface area contributed by atoms with Gasteiger partial charge in [0.05, 0.1) is 0 Å². The lowest BCUT2D eigenvalue weighted by molar-refractivity contribution is 0.448. The fraction of sp³-hybridized carbons (Fsp3) is 0.250. The highest BCUT2D eigenvalue weighted by Crippen LogP contribution is 2.31. The zero-order valence-electron chi connectivity index (χ0n) is 7.61. The summed E-state index contributed by atoms with van der Waals surface area (Å²) < 4.78 is 27.1. The molecule has 78 valence electrons. The van der Waals surface area contributed by atoms with Crippen molar-refractivity contribution < 1.29 is 16.0 Å². The van der Waals surface area contributed by atoms with Gasteiger partial charge in [-0.2, -0.15) is 10.9 Å². The third-order valence-electron chi connectivity index (χ3n) is 1.86. The second kappa shape index (κ2) is 4.03. The van der Waals surface area contributed by atoms with E-state index >= 15 is 0 Å². The van der Waals surface area contributed by atoms with E-state index in [1.165, 1.54) is 23.0 Å². The molecular weight excluding hydrogens is 319 g/mol. The fourth-order valence-corrected chi connectivity index (χ4v) is 2.58. The molecule has 0 fully saturated rings. The number of halogens is 1. The van der Waals surface area contributed by atoms with Gasteiger partial charge in [0, 0.05) is 0 Å². The van der Waals surface area contributed by atoms with Crippen LogP contribution in [0.25, 0.3) is 0 Å². The first kappa shape index (κ1) is 11.7. The number of aromatic hydroxyl groups is 1. The summed E-state index contributed by atoms with van der Waals surface area (Å²) in [5, 5.41) is 9.58. The molecule has 0 bridgehead atoms. The molecule has 0 saturated carbocycles. The van der Waals surface area contributed by atoms with Gasteiger partial charge in [0.25, 0.3) is 0 Å². The zero-order valence-corrected chi connectivity index (χ0v) is 10.6. The van der Waals surface area contributed by atoms with Gasteiger partial charge in [-0.15, -0.1) is 0 Å². The Bertz CT molecular complexity index is 453. The fourth-order valence-electron chi connectivity index (χ4n) is 1.12. The maximum atomic E-state index is 11.4. The first-order valence-electron chi connectivity index (χ1n) is 3.74. The molecule has 14 heavy (non-hydrogen) atoms. The van der Waals surface area contributed by atoms with Crippen molar-refractivity contribution in [2.45, 2.75) is 18.7 Å². The van der Waals surface area contributed by atoms with Crippen LogP contribution in [0.2, 0.25) is 0 Å². The summed E-state index contributed by atoms with van der Waals surface area (Å²) in [5.74, 6) is -0.248. The van der Waals surface area contributed by atoms with Gasteiger partial charge < -0.3 is 5.11 Å². The quantitative estimate of drug-likeness (QED) is 0.844. The SMILES string of the molecule is Cc1ccc(C)c(S(=O)(=O)OI)c1O. The standard InChI is InChI=1S/C8H9IO4S/c1-5-3-4-6(2)8(7(5)10)14(11,12)13-9/h3-4,10H,1-2H3. The molecule has 6 heteroatoms. The van der Waals surface area contributed by atoms with Gasteiger partial charge in [-0.1, -0.05) is 12.1 Å². The number of phenolic OH excluding ortho intramolecular Hbond substituents is 1. The van der Waals surface area contributed by atoms with E-state index in [1.54, 1.807) is 26.0 Å². The summed E-state index contributed by atoms with van der Waals surface area (Å²) in [6, 6.07) is 3.27. The van der Waals surface area contributed by atoms with Crippen LogP contribution in [0.15, 0.2) is 17.0 Å². The van der Waals surface area contributed by atoms with Crippen molar-refractivity contribution in [3.8, 4) is 5.75 Å². The Morgan fingerprint density at radius 2 is 1.79 bits per heavy atom. The van der Waals surface area contributed by atoms with E-state index in [9.17, 15) is 13.5 Å². The number of hydrogen-bond acceptors (Lipinski definition) is 4. The molecule has 0 unspecified atom stereocenters. The molecule has 0 atom stereocenters. The predicted molar refractivity (Wildman–Crippen MR) is 59.9 cm³/mol. The number of hydrogen-bond donors (Lipinski definition) is 1. The van der Waals surface area contributed by atoms with Crippen LogP contribution in [0.4, 0.5) is 0 Å². The van der Waals surface area contributed by atoms with Gasteiger partial charge in [0.15, 0.2) is 0 Å². The lowest BCUT2D eigenvalue weighted by Gasteiger charge is -2.08. The number of rotatable bonds is 2. The van der Waals surface area contributed by atoms with E-state index in [0.717, 1.165) is 0 Å². The normalized spacial score (nSPS) is 11.6. The maximum absolute atomic E-state index is 11.4. The highest BCUT2D eigenvalue weighted by molar-refractivity contribution is 14.1. The second-order valence-electron chi connectivity index (χ2n) is 2.89. The van der Waals surface area contributed by atoms with Crippen LogP contribution in [0, 0.1) is 13.8 Å². The number of benzene rings is 1. The monoisotopic (exact) mass is 328 g/mol. The van der Waals surface area contributed by atoms with Crippen LogP contribution in [-0.2, 0) is 12.6 Å².